The van der Waals surface area contributed by atoms with E-state index in [4.69, 9.17) is 14.6 Å². The Morgan fingerprint density at radius 1 is 1.02 bits per heavy atom. The first-order valence-electron chi connectivity index (χ1n) is 13.4. The maximum absolute atomic E-state index is 14.0. The molecular weight excluding hydrogens is 543 g/mol. The molecule has 3 aromatic carbocycles. The molecule has 2 amide bonds. The summed E-state index contributed by atoms with van der Waals surface area (Å²) in [6.07, 6.45) is 0. The Labute approximate surface area is 241 Å². The van der Waals surface area contributed by atoms with Gasteiger partial charge in [0.05, 0.1) is 42.7 Å². The minimum Gasteiger partial charge on any atom is -0.496 e. The molecule has 0 bridgehead atoms. The third-order valence-corrected chi connectivity index (χ3v) is 8.52. The number of fused-ring (bicyclic) bond motifs is 1. The summed E-state index contributed by atoms with van der Waals surface area (Å²) < 4.78 is 26.8. The van der Waals surface area contributed by atoms with Gasteiger partial charge in [-0.15, -0.1) is 11.8 Å². The molecule has 1 fully saturated rings. The number of hydrogen-bond acceptors (Lipinski definition) is 6. The molecule has 0 N–H and O–H groups in total. The highest BCUT2D eigenvalue weighted by Crippen LogP contribution is 2.50. The standard InChI is InChI=1S/C31H29FN4O4S/c1-39-25-10-6-5-9-24(25)30-28-29(21-7-3-2-4-8-21)33-36(23-13-11-22(32)12-14-23)31(28)35(27(38)20-41-30)19-26(37)34-15-17-40-18-16-34/h2-14,30H,15-20H2,1H3/t30-/m1/s1. The average Bonchev–Trinajstić information content (AvgIpc) is 3.34. The summed E-state index contributed by atoms with van der Waals surface area (Å²) in [7, 11) is 1.62. The summed E-state index contributed by atoms with van der Waals surface area (Å²) in [6.45, 7) is 1.72. The Bertz CT molecular complexity index is 1550. The summed E-state index contributed by atoms with van der Waals surface area (Å²) in [5.74, 6) is 0.566. The van der Waals surface area contributed by atoms with Gasteiger partial charge in [0, 0.05) is 29.8 Å². The number of nitrogens with zero attached hydrogens (tertiary/aromatic N) is 4. The summed E-state index contributed by atoms with van der Waals surface area (Å²) in [5.41, 5.74) is 3.79. The predicted octanol–water partition coefficient (Wildman–Crippen LogP) is 4.72. The molecule has 1 atom stereocenters. The molecule has 6 rings (SSSR count). The normalized spacial score (nSPS) is 17.2. The Morgan fingerprint density at radius 3 is 2.46 bits per heavy atom. The van der Waals surface area contributed by atoms with Crippen molar-refractivity contribution in [2.75, 3.05) is 50.6 Å². The van der Waals surface area contributed by atoms with E-state index in [9.17, 15) is 14.0 Å². The van der Waals surface area contributed by atoms with Crippen molar-refractivity contribution in [3.63, 3.8) is 0 Å². The fourth-order valence-electron chi connectivity index (χ4n) is 5.27. The molecule has 0 unspecified atom stereocenters. The maximum atomic E-state index is 14.0. The molecule has 8 nitrogen and oxygen atoms in total. The van der Waals surface area contributed by atoms with Gasteiger partial charge in [-0.25, -0.2) is 9.07 Å². The molecule has 0 radical (unpaired) electrons. The van der Waals surface area contributed by atoms with Crippen LogP contribution in [0.5, 0.6) is 5.75 Å². The number of benzene rings is 3. The highest BCUT2D eigenvalue weighted by atomic mass is 32.2. The zero-order chi connectivity index (χ0) is 28.3. The van der Waals surface area contributed by atoms with Gasteiger partial charge in [0.2, 0.25) is 11.8 Å². The Balaban J connectivity index is 1.60. The van der Waals surface area contributed by atoms with Gasteiger partial charge in [-0.3, -0.25) is 14.5 Å². The van der Waals surface area contributed by atoms with Crippen molar-refractivity contribution >= 4 is 29.4 Å². The first-order valence-corrected chi connectivity index (χ1v) is 14.4. The Hall–Kier alpha value is -4.15. The minimum absolute atomic E-state index is 0.144. The number of morpholine rings is 1. The van der Waals surface area contributed by atoms with Gasteiger partial charge in [-0.2, -0.15) is 5.10 Å². The van der Waals surface area contributed by atoms with Crippen LogP contribution in [0.25, 0.3) is 16.9 Å². The molecule has 0 aliphatic carbocycles. The summed E-state index contributed by atoms with van der Waals surface area (Å²) in [6, 6.07) is 23.5. The van der Waals surface area contributed by atoms with Crippen molar-refractivity contribution in [3.05, 3.63) is 95.8 Å². The van der Waals surface area contributed by atoms with Crippen LogP contribution >= 0.6 is 11.8 Å². The van der Waals surface area contributed by atoms with E-state index in [0.717, 1.165) is 16.7 Å². The second-order valence-electron chi connectivity index (χ2n) is 9.75. The predicted molar refractivity (Wildman–Crippen MR) is 156 cm³/mol. The van der Waals surface area contributed by atoms with Crippen molar-refractivity contribution in [1.82, 2.24) is 14.7 Å². The van der Waals surface area contributed by atoms with Gasteiger partial charge >= 0.3 is 0 Å². The van der Waals surface area contributed by atoms with E-state index >= 15 is 0 Å². The number of anilines is 1. The summed E-state index contributed by atoms with van der Waals surface area (Å²) >= 11 is 1.47. The minimum atomic E-state index is -0.381. The van der Waals surface area contributed by atoms with Crippen molar-refractivity contribution in [1.29, 1.82) is 0 Å². The van der Waals surface area contributed by atoms with E-state index in [0.29, 0.717) is 49.3 Å². The molecule has 2 aliphatic rings. The highest BCUT2D eigenvalue weighted by molar-refractivity contribution is 8.00. The first-order chi connectivity index (χ1) is 20.0. The highest BCUT2D eigenvalue weighted by Gasteiger charge is 2.39. The molecule has 41 heavy (non-hydrogen) atoms. The summed E-state index contributed by atoms with van der Waals surface area (Å²) in [5, 5.41) is 4.71. The molecule has 0 saturated carbocycles. The van der Waals surface area contributed by atoms with Crippen molar-refractivity contribution in [3.8, 4) is 22.7 Å². The lowest BCUT2D eigenvalue weighted by molar-refractivity contribution is -0.134. The van der Waals surface area contributed by atoms with Crippen LogP contribution in [0.1, 0.15) is 16.4 Å². The van der Waals surface area contributed by atoms with Crippen molar-refractivity contribution in [2.45, 2.75) is 5.25 Å². The lowest BCUT2D eigenvalue weighted by Crippen LogP contribution is -2.48. The molecule has 0 spiro atoms. The number of amides is 2. The van der Waals surface area contributed by atoms with Crippen LogP contribution in [0.2, 0.25) is 0 Å². The number of para-hydroxylation sites is 1. The van der Waals surface area contributed by atoms with Crippen LogP contribution in [-0.4, -0.2) is 72.2 Å². The fourth-order valence-corrected chi connectivity index (χ4v) is 6.49. The van der Waals surface area contributed by atoms with E-state index in [1.54, 1.807) is 33.7 Å². The quantitative estimate of drug-likeness (QED) is 0.333. The number of aromatic nitrogens is 2. The van der Waals surface area contributed by atoms with E-state index < -0.39 is 0 Å². The van der Waals surface area contributed by atoms with Crippen LogP contribution < -0.4 is 9.64 Å². The third-order valence-electron chi connectivity index (χ3n) is 7.29. The van der Waals surface area contributed by atoms with Gasteiger partial charge in [0.15, 0.2) is 0 Å². The Morgan fingerprint density at radius 2 is 1.73 bits per heavy atom. The molecule has 10 heteroatoms. The fraction of sp³-hybridized carbons (Fsp3) is 0.258. The Kier molecular flexibility index (Phi) is 7.76. The SMILES string of the molecule is COc1ccccc1[C@H]1SCC(=O)N(CC(=O)N2CCOCC2)c2c1c(-c1ccccc1)nn2-c1ccc(F)cc1. The van der Waals surface area contributed by atoms with Crippen LogP contribution in [0.15, 0.2) is 78.9 Å². The number of methoxy groups -OCH3 is 1. The number of hydrogen-bond donors (Lipinski definition) is 0. The lowest BCUT2D eigenvalue weighted by atomic mass is 9.99. The zero-order valence-corrected chi connectivity index (χ0v) is 23.4. The summed E-state index contributed by atoms with van der Waals surface area (Å²) in [4.78, 5) is 30.7. The van der Waals surface area contributed by atoms with Crippen LogP contribution in [0.4, 0.5) is 10.2 Å². The van der Waals surface area contributed by atoms with E-state index in [2.05, 4.69) is 0 Å². The third kappa shape index (κ3) is 5.32. The average molecular weight is 573 g/mol. The number of rotatable bonds is 6. The number of ether oxygens (including phenoxy) is 2. The molecule has 1 aromatic heterocycles. The van der Waals surface area contributed by atoms with Crippen molar-refractivity contribution < 1.29 is 23.5 Å². The monoisotopic (exact) mass is 572 g/mol. The van der Waals surface area contributed by atoms with Crippen LogP contribution in [-0.2, 0) is 14.3 Å². The topological polar surface area (TPSA) is 76.9 Å². The van der Waals surface area contributed by atoms with Crippen LogP contribution in [0.3, 0.4) is 0 Å². The smallest absolute Gasteiger partial charge is 0.242 e. The van der Waals surface area contributed by atoms with Gasteiger partial charge in [0.25, 0.3) is 0 Å². The van der Waals surface area contributed by atoms with Gasteiger partial charge < -0.3 is 14.4 Å². The van der Waals surface area contributed by atoms with Gasteiger partial charge in [0.1, 0.15) is 23.9 Å². The van der Waals surface area contributed by atoms with E-state index in [1.807, 2.05) is 54.6 Å². The zero-order valence-electron chi connectivity index (χ0n) is 22.5. The van der Waals surface area contributed by atoms with Crippen molar-refractivity contribution in [2.24, 2.45) is 0 Å². The van der Waals surface area contributed by atoms with Crippen LogP contribution in [0, 0.1) is 5.82 Å². The van der Waals surface area contributed by atoms with E-state index in [-0.39, 0.29) is 35.2 Å². The molecule has 1 saturated heterocycles. The molecule has 210 valence electrons. The molecule has 4 aromatic rings. The number of carbonyl (C=O) groups is 2. The first kappa shape index (κ1) is 27.0. The number of carbonyl (C=O) groups excluding carboxylic acids is 2. The van der Waals surface area contributed by atoms with Gasteiger partial charge in [-0.1, -0.05) is 48.5 Å². The molecule has 3 heterocycles. The molecule has 2 aliphatic heterocycles. The largest absolute Gasteiger partial charge is 0.496 e. The number of halogens is 1. The molecular formula is C31H29FN4O4S. The number of thioether (sulfide) groups is 1. The maximum Gasteiger partial charge on any atom is 0.242 e. The van der Waals surface area contributed by atoms with Gasteiger partial charge in [-0.05, 0) is 30.3 Å². The van der Waals surface area contributed by atoms with E-state index in [1.165, 1.54) is 23.9 Å². The second kappa shape index (κ2) is 11.8. The second-order valence-corrected chi connectivity index (χ2v) is 10.8. The lowest BCUT2D eigenvalue weighted by Gasteiger charge is -2.30.